The zero-order valence-corrected chi connectivity index (χ0v) is 10.8. The van der Waals surface area contributed by atoms with Crippen LogP contribution in [0.5, 0.6) is 0 Å². The highest BCUT2D eigenvalue weighted by Gasteiger charge is 2.20. The van der Waals surface area contributed by atoms with Crippen molar-refractivity contribution in [1.29, 1.82) is 0 Å². The second-order valence-corrected chi connectivity index (χ2v) is 4.85. The van der Waals surface area contributed by atoms with Crippen LogP contribution in [0.2, 0.25) is 0 Å². The van der Waals surface area contributed by atoms with Gasteiger partial charge < -0.3 is 10.2 Å². The quantitative estimate of drug-likeness (QED) is 0.845. The van der Waals surface area contributed by atoms with E-state index < -0.39 is 0 Å². The molecule has 1 aliphatic heterocycles. The van der Waals surface area contributed by atoms with Crippen LogP contribution in [0, 0.1) is 0 Å². The molecule has 2 heterocycles. The largest absolute Gasteiger partial charge is 0.319 e. The summed E-state index contributed by atoms with van der Waals surface area (Å²) in [6, 6.07) is 2.08. The molecule has 1 fully saturated rings. The minimum Gasteiger partial charge on any atom is -0.319 e. The fraction of sp³-hybridized carbons (Fsp3) is 0.692. The average molecular weight is 234 g/mol. The van der Waals surface area contributed by atoms with Gasteiger partial charge in [0.1, 0.15) is 5.82 Å². The van der Waals surface area contributed by atoms with Gasteiger partial charge >= 0.3 is 0 Å². The maximum absolute atomic E-state index is 4.69. The third-order valence-electron chi connectivity index (χ3n) is 3.37. The summed E-state index contributed by atoms with van der Waals surface area (Å²) >= 11 is 0. The summed E-state index contributed by atoms with van der Waals surface area (Å²) in [5.41, 5.74) is 1.22. The topological polar surface area (TPSA) is 41.1 Å². The van der Waals surface area contributed by atoms with Gasteiger partial charge in [0.25, 0.3) is 0 Å². The lowest BCUT2D eigenvalue weighted by atomic mass is 9.95. The van der Waals surface area contributed by atoms with Gasteiger partial charge in [-0.1, -0.05) is 0 Å². The smallest absolute Gasteiger partial charge is 0.129 e. The lowest BCUT2D eigenvalue weighted by Crippen LogP contribution is -2.31. The predicted molar refractivity (Wildman–Crippen MR) is 69.1 cm³/mol. The highest BCUT2D eigenvalue weighted by molar-refractivity contribution is 5.10. The summed E-state index contributed by atoms with van der Waals surface area (Å²) in [5, 5.41) is 3.13. The minimum absolute atomic E-state index is 0.588. The van der Waals surface area contributed by atoms with Crippen molar-refractivity contribution in [2.75, 3.05) is 33.7 Å². The van der Waals surface area contributed by atoms with E-state index in [9.17, 15) is 0 Å². The van der Waals surface area contributed by atoms with Crippen molar-refractivity contribution >= 4 is 0 Å². The van der Waals surface area contributed by atoms with E-state index in [2.05, 4.69) is 28.3 Å². The molecule has 1 aromatic rings. The molecule has 1 aromatic heterocycles. The van der Waals surface area contributed by atoms with Crippen molar-refractivity contribution in [1.82, 2.24) is 20.2 Å². The first-order valence-electron chi connectivity index (χ1n) is 6.44. The van der Waals surface area contributed by atoms with E-state index in [4.69, 9.17) is 4.98 Å². The molecule has 1 N–H and O–H groups in total. The number of hydrogen-bond acceptors (Lipinski definition) is 4. The molecule has 0 amide bonds. The van der Waals surface area contributed by atoms with Crippen molar-refractivity contribution < 1.29 is 0 Å². The van der Waals surface area contributed by atoms with Crippen molar-refractivity contribution in [3.63, 3.8) is 0 Å². The van der Waals surface area contributed by atoms with Gasteiger partial charge in [-0.15, -0.1) is 0 Å². The van der Waals surface area contributed by atoms with E-state index in [1.165, 1.54) is 25.1 Å². The molecule has 94 valence electrons. The molecule has 0 aromatic carbocycles. The lowest BCUT2D eigenvalue weighted by molar-refractivity contribution is 0.248. The molecule has 0 radical (unpaired) electrons. The Labute approximate surface area is 103 Å². The first kappa shape index (κ1) is 12.5. The van der Waals surface area contributed by atoms with E-state index in [1.54, 1.807) is 0 Å². The summed E-state index contributed by atoms with van der Waals surface area (Å²) in [5.74, 6) is 1.55. The Balaban J connectivity index is 2.04. The number of aromatic nitrogens is 2. The van der Waals surface area contributed by atoms with Crippen molar-refractivity contribution in [3.8, 4) is 0 Å². The first-order chi connectivity index (χ1) is 8.29. The molecular formula is C13H22N4. The van der Waals surface area contributed by atoms with Gasteiger partial charge in [-0.3, -0.25) is 0 Å². The second-order valence-electron chi connectivity index (χ2n) is 4.85. The Kier molecular flexibility index (Phi) is 4.45. The second kappa shape index (κ2) is 6.07. The number of likely N-dealkylation sites (N-methyl/N-ethyl adjacent to an activating group) is 2. The third-order valence-corrected chi connectivity index (χ3v) is 3.37. The summed E-state index contributed by atoms with van der Waals surface area (Å²) < 4.78 is 0. The molecule has 2 rings (SSSR count). The Morgan fingerprint density at radius 3 is 3.18 bits per heavy atom. The number of nitrogens with zero attached hydrogens (tertiary/aromatic N) is 3. The number of rotatable bonds is 4. The standard InChI is InChI=1S/C13H22N4/c1-14-7-6-13-15-8-5-12(16-13)11-4-3-9-17(2)10-11/h5,8,11,14H,3-4,6-7,9-10H2,1-2H3. The summed E-state index contributed by atoms with van der Waals surface area (Å²) in [6.45, 7) is 3.28. The zero-order valence-electron chi connectivity index (χ0n) is 10.8. The maximum Gasteiger partial charge on any atom is 0.129 e. The summed E-state index contributed by atoms with van der Waals surface area (Å²) in [6.07, 6.45) is 5.35. The number of hydrogen-bond donors (Lipinski definition) is 1. The first-order valence-corrected chi connectivity index (χ1v) is 6.44. The number of likely N-dealkylation sites (tertiary alicyclic amines) is 1. The maximum atomic E-state index is 4.69. The predicted octanol–water partition coefficient (Wildman–Crippen LogP) is 1.05. The van der Waals surface area contributed by atoms with E-state index in [-0.39, 0.29) is 0 Å². The molecule has 0 bridgehead atoms. The summed E-state index contributed by atoms with van der Waals surface area (Å²) in [4.78, 5) is 11.4. The molecule has 0 aliphatic carbocycles. The van der Waals surface area contributed by atoms with Gasteiger partial charge in [0, 0.05) is 37.3 Å². The van der Waals surface area contributed by atoms with Crippen LogP contribution in [0.3, 0.4) is 0 Å². The molecule has 1 aliphatic rings. The van der Waals surface area contributed by atoms with Crippen molar-refractivity contribution in [2.45, 2.75) is 25.2 Å². The fourth-order valence-corrected chi connectivity index (χ4v) is 2.41. The molecule has 4 heteroatoms. The van der Waals surface area contributed by atoms with Gasteiger partial charge in [0.2, 0.25) is 0 Å². The third kappa shape index (κ3) is 3.48. The zero-order chi connectivity index (χ0) is 12.1. The Morgan fingerprint density at radius 2 is 2.41 bits per heavy atom. The van der Waals surface area contributed by atoms with Crippen molar-refractivity contribution in [2.24, 2.45) is 0 Å². The molecule has 0 spiro atoms. The SMILES string of the molecule is CNCCc1nccc(C2CCCN(C)C2)n1. The molecule has 1 saturated heterocycles. The van der Waals surface area contributed by atoms with E-state index in [1.807, 2.05) is 13.2 Å². The minimum atomic E-state index is 0.588. The van der Waals surface area contributed by atoms with E-state index >= 15 is 0 Å². The molecule has 1 atom stereocenters. The van der Waals surface area contributed by atoms with Crippen LogP contribution in [-0.2, 0) is 6.42 Å². The monoisotopic (exact) mass is 234 g/mol. The molecule has 4 nitrogen and oxygen atoms in total. The van der Waals surface area contributed by atoms with Crippen molar-refractivity contribution in [3.05, 3.63) is 23.8 Å². The Morgan fingerprint density at radius 1 is 1.53 bits per heavy atom. The lowest BCUT2D eigenvalue weighted by Gasteiger charge is -2.29. The molecular weight excluding hydrogens is 212 g/mol. The van der Waals surface area contributed by atoms with Gasteiger partial charge in [0.15, 0.2) is 0 Å². The van der Waals surface area contributed by atoms with E-state index in [0.29, 0.717) is 5.92 Å². The normalized spacial score (nSPS) is 21.6. The van der Waals surface area contributed by atoms with Gasteiger partial charge in [-0.05, 0) is 39.5 Å². The van der Waals surface area contributed by atoms with Gasteiger partial charge in [0.05, 0.1) is 0 Å². The number of piperidine rings is 1. The highest BCUT2D eigenvalue weighted by Crippen LogP contribution is 2.24. The molecule has 0 saturated carbocycles. The van der Waals surface area contributed by atoms with Gasteiger partial charge in [-0.25, -0.2) is 9.97 Å². The molecule has 1 unspecified atom stereocenters. The van der Waals surface area contributed by atoms with Crippen LogP contribution in [0.1, 0.15) is 30.3 Å². The van der Waals surface area contributed by atoms with Crippen LogP contribution in [0.15, 0.2) is 12.3 Å². The van der Waals surface area contributed by atoms with Gasteiger partial charge in [-0.2, -0.15) is 0 Å². The Bertz CT molecular complexity index is 353. The summed E-state index contributed by atoms with van der Waals surface area (Å²) in [7, 11) is 4.15. The average Bonchev–Trinajstić information content (AvgIpc) is 2.37. The van der Waals surface area contributed by atoms with Crippen LogP contribution in [0.25, 0.3) is 0 Å². The molecule has 17 heavy (non-hydrogen) atoms. The number of nitrogens with one attached hydrogen (secondary N) is 1. The van der Waals surface area contributed by atoms with Crippen LogP contribution < -0.4 is 5.32 Å². The van der Waals surface area contributed by atoms with Crippen LogP contribution in [-0.4, -0.2) is 48.6 Å². The van der Waals surface area contributed by atoms with E-state index in [0.717, 1.165) is 25.3 Å². The Hall–Kier alpha value is -1.00. The fourth-order valence-electron chi connectivity index (χ4n) is 2.41. The highest BCUT2D eigenvalue weighted by atomic mass is 15.1. The van der Waals surface area contributed by atoms with Crippen LogP contribution >= 0.6 is 0 Å². The van der Waals surface area contributed by atoms with Crippen LogP contribution in [0.4, 0.5) is 0 Å².